The van der Waals surface area contributed by atoms with Gasteiger partial charge in [-0.25, -0.2) is 0 Å². The highest BCUT2D eigenvalue weighted by Crippen LogP contribution is 2.36. The van der Waals surface area contributed by atoms with E-state index in [2.05, 4.69) is 5.16 Å². The van der Waals surface area contributed by atoms with Crippen molar-refractivity contribution >= 4 is 23.3 Å². The number of hydrogen-bond donors (Lipinski definition) is 2. The first-order valence-corrected chi connectivity index (χ1v) is 7.20. The van der Waals surface area contributed by atoms with Crippen LogP contribution in [0.4, 0.5) is 17.1 Å². The molecule has 0 aromatic heterocycles. The van der Waals surface area contributed by atoms with E-state index < -0.39 is 0 Å². The fraction of sp³-hybridized carbons (Fsp3) is 0. The van der Waals surface area contributed by atoms with Crippen molar-refractivity contribution in [3.63, 3.8) is 0 Å². The zero-order chi connectivity index (χ0) is 16.1. The summed E-state index contributed by atoms with van der Waals surface area (Å²) in [7, 11) is 0. The van der Waals surface area contributed by atoms with Gasteiger partial charge in [-0.2, -0.15) is 0 Å². The molecule has 2 N–H and O–H groups in total. The van der Waals surface area contributed by atoms with Gasteiger partial charge in [-0.05, 0) is 36.4 Å². The van der Waals surface area contributed by atoms with Gasteiger partial charge >= 0.3 is 0 Å². The van der Waals surface area contributed by atoms with Crippen LogP contribution in [0.5, 0.6) is 5.75 Å². The van der Waals surface area contributed by atoms with Crippen molar-refractivity contribution in [1.82, 2.24) is 0 Å². The second kappa shape index (κ2) is 6.66. The van der Waals surface area contributed by atoms with Crippen molar-refractivity contribution in [1.29, 1.82) is 0 Å². The Hall–Kier alpha value is -3.27. The minimum atomic E-state index is 0.0529. The molecule has 0 aliphatic carbocycles. The van der Waals surface area contributed by atoms with Gasteiger partial charge in [-0.3, -0.25) is 0 Å². The number of rotatable bonds is 4. The zero-order valence-electron chi connectivity index (χ0n) is 12.4. The second-order valence-electron chi connectivity index (χ2n) is 4.99. The molecule has 3 aromatic rings. The summed E-state index contributed by atoms with van der Waals surface area (Å²) < 4.78 is 0. The van der Waals surface area contributed by atoms with Crippen LogP contribution in [-0.4, -0.2) is 16.5 Å². The Morgan fingerprint density at radius 1 is 0.739 bits per heavy atom. The maximum Gasteiger partial charge on any atom is 0.126 e. The maximum absolute atomic E-state index is 10.1. The Morgan fingerprint density at radius 2 is 1.30 bits per heavy atom. The normalized spacial score (nSPS) is 10.8. The van der Waals surface area contributed by atoms with Gasteiger partial charge in [0.05, 0.1) is 6.21 Å². The van der Waals surface area contributed by atoms with E-state index >= 15 is 0 Å². The highest BCUT2D eigenvalue weighted by atomic mass is 16.4. The van der Waals surface area contributed by atoms with Gasteiger partial charge in [0.1, 0.15) is 5.75 Å². The fourth-order valence-electron chi connectivity index (χ4n) is 2.44. The molecule has 0 saturated carbocycles. The van der Waals surface area contributed by atoms with Crippen LogP contribution in [0.15, 0.2) is 84.0 Å². The zero-order valence-corrected chi connectivity index (χ0v) is 12.4. The third-order valence-corrected chi connectivity index (χ3v) is 3.50. The van der Waals surface area contributed by atoms with Crippen LogP contribution in [0, 0.1) is 0 Å². The molecule has 4 nitrogen and oxygen atoms in total. The van der Waals surface area contributed by atoms with E-state index in [0.29, 0.717) is 5.56 Å². The summed E-state index contributed by atoms with van der Waals surface area (Å²) in [5.74, 6) is 0.0529. The molecule has 0 spiro atoms. The van der Waals surface area contributed by atoms with E-state index in [0.717, 1.165) is 17.1 Å². The molecule has 114 valence electrons. The van der Waals surface area contributed by atoms with Crippen molar-refractivity contribution in [2.24, 2.45) is 5.16 Å². The van der Waals surface area contributed by atoms with Crippen LogP contribution in [0.3, 0.4) is 0 Å². The molecule has 0 bridgehead atoms. The van der Waals surface area contributed by atoms with Gasteiger partial charge < -0.3 is 15.2 Å². The molecule has 0 amide bonds. The summed E-state index contributed by atoms with van der Waals surface area (Å²) in [6.45, 7) is 0. The number of hydrogen-bond acceptors (Lipinski definition) is 4. The second-order valence-corrected chi connectivity index (χ2v) is 4.99. The maximum atomic E-state index is 10.1. The molecule has 23 heavy (non-hydrogen) atoms. The lowest BCUT2D eigenvalue weighted by atomic mass is 10.1. The van der Waals surface area contributed by atoms with Gasteiger partial charge in [-0.15, -0.1) is 0 Å². The number of phenols is 1. The first-order valence-electron chi connectivity index (χ1n) is 7.20. The lowest BCUT2D eigenvalue weighted by Gasteiger charge is -2.25. The Labute approximate surface area is 134 Å². The average molecular weight is 304 g/mol. The van der Waals surface area contributed by atoms with Crippen LogP contribution in [0.2, 0.25) is 0 Å². The van der Waals surface area contributed by atoms with Crippen LogP contribution in [-0.2, 0) is 0 Å². The molecule has 0 atom stereocenters. The SMILES string of the molecule is O/N=C/c1ccc(N(c2ccccc2)c2ccccc2)cc1O. The van der Waals surface area contributed by atoms with Gasteiger partial charge in [0.15, 0.2) is 0 Å². The van der Waals surface area contributed by atoms with E-state index in [9.17, 15) is 5.11 Å². The quantitative estimate of drug-likeness (QED) is 0.418. The van der Waals surface area contributed by atoms with Crippen LogP contribution in [0.25, 0.3) is 0 Å². The average Bonchev–Trinajstić information content (AvgIpc) is 2.60. The summed E-state index contributed by atoms with van der Waals surface area (Å²) in [5, 5.41) is 21.7. The number of nitrogens with zero attached hydrogens (tertiary/aromatic N) is 2. The number of oxime groups is 1. The number of phenolic OH excluding ortho intramolecular Hbond substituents is 1. The predicted octanol–water partition coefficient (Wildman–Crippen LogP) is 4.67. The summed E-state index contributed by atoms with van der Waals surface area (Å²) in [4.78, 5) is 2.04. The smallest absolute Gasteiger partial charge is 0.126 e. The van der Waals surface area contributed by atoms with Crippen molar-refractivity contribution in [3.8, 4) is 5.75 Å². The molecule has 0 fully saturated rings. The fourth-order valence-corrected chi connectivity index (χ4v) is 2.44. The minimum Gasteiger partial charge on any atom is -0.507 e. The molecule has 0 unspecified atom stereocenters. The standard InChI is InChI=1S/C19H16N2O2/c22-19-13-18(12-11-15(19)14-20-23)21(16-7-3-1-4-8-16)17-9-5-2-6-10-17/h1-14,22-23H/b20-14+. The third kappa shape index (κ3) is 3.16. The molecule has 4 heteroatoms. The number of anilines is 3. The monoisotopic (exact) mass is 304 g/mol. The highest BCUT2D eigenvalue weighted by Gasteiger charge is 2.13. The lowest BCUT2D eigenvalue weighted by molar-refractivity contribution is 0.321. The molecule has 0 aliphatic rings. The van der Waals surface area contributed by atoms with E-state index in [1.807, 2.05) is 71.6 Å². The van der Waals surface area contributed by atoms with Gasteiger partial charge in [0.2, 0.25) is 0 Å². The summed E-state index contributed by atoms with van der Waals surface area (Å²) in [5.41, 5.74) is 3.25. The topological polar surface area (TPSA) is 56.1 Å². The van der Waals surface area contributed by atoms with Crippen LogP contribution >= 0.6 is 0 Å². The molecule has 3 rings (SSSR count). The van der Waals surface area contributed by atoms with Gasteiger partial charge in [0, 0.05) is 28.7 Å². The van der Waals surface area contributed by atoms with Crippen LogP contribution < -0.4 is 4.90 Å². The first kappa shape index (κ1) is 14.7. The third-order valence-electron chi connectivity index (χ3n) is 3.50. The Balaban J connectivity index is 2.11. The number of benzene rings is 3. The summed E-state index contributed by atoms with van der Waals surface area (Å²) >= 11 is 0. The molecule has 0 aliphatic heterocycles. The van der Waals surface area contributed by atoms with Crippen molar-refractivity contribution in [2.75, 3.05) is 4.90 Å². The van der Waals surface area contributed by atoms with Gasteiger partial charge in [-0.1, -0.05) is 41.6 Å². The predicted molar refractivity (Wildman–Crippen MR) is 92.2 cm³/mol. The summed E-state index contributed by atoms with van der Waals surface area (Å²) in [6.07, 6.45) is 1.20. The molecule has 0 radical (unpaired) electrons. The largest absolute Gasteiger partial charge is 0.507 e. The first-order chi connectivity index (χ1) is 11.3. The van der Waals surface area contributed by atoms with E-state index in [-0.39, 0.29) is 5.75 Å². The van der Waals surface area contributed by atoms with Crippen molar-refractivity contribution in [2.45, 2.75) is 0 Å². The lowest BCUT2D eigenvalue weighted by Crippen LogP contribution is -2.09. The van der Waals surface area contributed by atoms with E-state index in [1.165, 1.54) is 6.21 Å². The molecule has 0 heterocycles. The molecular weight excluding hydrogens is 288 g/mol. The number of aromatic hydroxyl groups is 1. The molecule has 3 aromatic carbocycles. The Bertz CT molecular complexity index is 763. The Kier molecular flexibility index (Phi) is 4.25. The van der Waals surface area contributed by atoms with E-state index in [1.54, 1.807) is 12.1 Å². The van der Waals surface area contributed by atoms with Crippen molar-refractivity contribution in [3.05, 3.63) is 84.4 Å². The number of para-hydroxylation sites is 2. The van der Waals surface area contributed by atoms with Crippen LogP contribution in [0.1, 0.15) is 5.56 Å². The molecule has 0 saturated heterocycles. The Morgan fingerprint density at radius 3 is 1.78 bits per heavy atom. The van der Waals surface area contributed by atoms with E-state index in [4.69, 9.17) is 5.21 Å². The van der Waals surface area contributed by atoms with Crippen molar-refractivity contribution < 1.29 is 10.3 Å². The molecular formula is C19H16N2O2. The highest BCUT2D eigenvalue weighted by molar-refractivity contribution is 5.86. The summed E-state index contributed by atoms with van der Waals surface area (Å²) in [6, 6.07) is 25.1. The van der Waals surface area contributed by atoms with Gasteiger partial charge in [0.25, 0.3) is 0 Å². The minimum absolute atomic E-state index is 0.0529.